The highest BCUT2D eigenvalue weighted by atomic mass is 31.1. The van der Waals surface area contributed by atoms with Crippen molar-refractivity contribution in [3.63, 3.8) is 0 Å². The monoisotopic (exact) mass is 494 g/mol. The molecule has 2 aromatic carbocycles. The minimum absolute atomic E-state index is 0.106. The van der Waals surface area contributed by atoms with Gasteiger partial charge in [-0.25, -0.2) is 0 Å². The molecule has 0 aromatic heterocycles. The highest BCUT2D eigenvalue weighted by Crippen LogP contribution is 2.62. The summed E-state index contributed by atoms with van der Waals surface area (Å²) in [6, 6.07) is 23.1. The van der Waals surface area contributed by atoms with E-state index in [2.05, 4.69) is 81.4 Å². The number of hydrogen-bond donors (Lipinski definition) is 0. The predicted molar refractivity (Wildman–Crippen MR) is 157 cm³/mol. The molecule has 0 radical (unpaired) electrons. The third-order valence-electron chi connectivity index (χ3n) is 8.80. The van der Waals surface area contributed by atoms with E-state index < -0.39 is 0 Å². The Morgan fingerprint density at radius 2 is 1.09 bits per heavy atom. The summed E-state index contributed by atoms with van der Waals surface area (Å²) in [4.78, 5) is 0. The second-order valence-corrected chi connectivity index (χ2v) is 16.8. The molecule has 0 saturated heterocycles. The lowest BCUT2D eigenvalue weighted by Crippen LogP contribution is -2.36. The van der Waals surface area contributed by atoms with Crippen molar-refractivity contribution in [2.75, 3.05) is 0 Å². The first-order chi connectivity index (χ1) is 16.7. The van der Waals surface area contributed by atoms with Crippen molar-refractivity contribution in [1.29, 1.82) is 0 Å². The van der Waals surface area contributed by atoms with Gasteiger partial charge in [-0.15, -0.1) is 0 Å². The summed E-state index contributed by atoms with van der Waals surface area (Å²) in [5.41, 5.74) is 3.72. The molecule has 4 rings (SSSR count). The highest BCUT2D eigenvalue weighted by Gasteiger charge is 2.40. The maximum atomic E-state index is 2.73. The summed E-state index contributed by atoms with van der Waals surface area (Å²) in [6.07, 6.45) is 17.8. The average Bonchev–Trinajstić information content (AvgIpc) is 2.90. The van der Waals surface area contributed by atoms with E-state index in [0.29, 0.717) is 0 Å². The van der Waals surface area contributed by atoms with E-state index in [1.165, 1.54) is 77.0 Å². The maximum absolute atomic E-state index is 2.73. The van der Waals surface area contributed by atoms with E-state index in [9.17, 15) is 0 Å². The first-order valence-corrected chi connectivity index (χ1v) is 17.3. The molecule has 0 heterocycles. The first kappa shape index (κ1) is 26.4. The van der Waals surface area contributed by atoms with Gasteiger partial charge in [-0.05, 0) is 79.2 Å². The van der Waals surface area contributed by atoms with Crippen molar-refractivity contribution in [1.82, 2.24) is 0 Å². The van der Waals surface area contributed by atoms with Crippen LogP contribution in [0.4, 0.5) is 0 Å². The molecule has 0 bridgehead atoms. The van der Waals surface area contributed by atoms with E-state index in [1.807, 2.05) is 0 Å². The lowest BCUT2D eigenvalue weighted by molar-refractivity contribution is 0.440. The molecule has 2 aromatic rings. The van der Waals surface area contributed by atoms with Gasteiger partial charge < -0.3 is 0 Å². The van der Waals surface area contributed by atoms with E-state index in [1.54, 1.807) is 10.6 Å². The predicted octanol–water partition coefficient (Wildman–Crippen LogP) is 9.46. The van der Waals surface area contributed by atoms with Gasteiger partial charge in [0.1, 0.15) is 0 Å². The maximum Gasteiger partial charge on any atom is -0.0123 e. The third kappa shape index (κ3) is 6.54. The fourth-order valence-corrected chi connectivity index (χ4v) is 15.0. The topological polar surface area (TPSA) is 0 Å². The molecule has 2 unspecified atom stereocenters. The SMILES string of the molecule is CCCC(C(C)P(c1ccccc1)c1ccccc1)[C@@H](C)P(C1CCCCC1)C1CCCCC1. The Balaban J connectivity index is 1.66. The molecule has 2 aliphatic rings. The van der Waals surface area contributed by atoms with Crippen molar-refractivity contribution in [3.8, 4) is 0 Å². The van der Waals surface area contributed by atoms with Crippen molar-refractivity contribution >= 4 is 26.5 Å². The molecule has 0 spiro atoms. The van der Waals surface area contributed by atoms with Gasteiger partial charge in [-0.1, -0.05) is 134 Å². The molecule has 0 amide bonds. The lowest BCUT2D eigenvalue weighted by Gasteiger charge is -2.47. The van der Waals surface area contributed by atoms with Gasteiger partial charge in [0, 0.05) is 0 Å². The molecule has 2 saturated carbocycles. The van der Waals surface area contributed by atoms with Crippen molar-refractivity contribution in [2.24, 2.45) is 5.92 Å². The largest absolute Gasteiger partial charge is 0.0971 e. The van der Waals surface area contributed by atoms with Crippen LogP contribution in [0.25, 0.3) is 0 Å². The van der Waals surface area contributed by atoms with E-state index in [4.69, 9.17) is 0 Å². The van der Waals surface area contributed by atoms with Gasteiger partial charge in [0.2, 0.25) is 0 Å². The Labute approximate surface area is 213 Å². The van der Waals surface area contributed by atoms with E-state index >= 15 is 0 Å². The van der Waals surface area contributed by atoms with Crippen molar-refractivity contribution < 1.29 is 0 Å². The van der Waals surface area contributed by atoms with E-state index in [0.717, 1.165) is 28.6 Å². The minimum atomic E-state index is -0.345. The fourth-order valence-electron chi connectivity index (χ4n) is 7.15. The Morgan fingerprint density at radius 1 is 0.647 bits per heavy atom. The summed E-state index contributed by atoms with van der Waals surface area (Å²) in [5, 5.41) is 3.15. The van der Waals surface area contributed by atoms with Crippen LogP contribution in [-0.2, 0) is 0 Å². The van der Waals surface area contributed by atoms with Crippen molar-refractivity contribution in [3.05, 3.63) is 60.7 Å². The smallest absolute Gasteiger partial charge is 0.0123 e. The van der Waals surface area contributed by atoms with Crippen LogP contribution in [-0.4, -0.2) is 22.6 Å². The fraction of sp³-hybridized carbons (Fsp3) is 0.625. The highest BCUT2D eigenvalue weighted by molar-refractivity contribution is 7.73. The van der Waals surface area contributed by atoms with Crippen LogP contribution in [0.3, 0.4) is 0 Å². The Morgan fingerprint density at radius 3 is 1.50 bits per heavy atom. The molecule has 0 aliphatic heterocycles. The lowest BCUT2D eigenvalue weighted by atomic mass is 9.96. The summed E-state index contributed by atoms with van der Waals surface area (Å²) in [6.45, 7) is 7.80. The molecule has 2 fully saturated rings. The second kappa shape index (κ2) is 13.6. The molecule has 3 atom stereocenters. The normalized spacial score (nSPS) is 21.0. The van der Waals surface area contributed by atoms with Gasteiger partial charge >= 0.3 is 0 Å². The van der Waals surface area contributed by atoms with Gasteiger partial charge in [0.05, 0.1) is 0 Å². The van der Waals surface area contributed by atoms with Crippen LogP contribution in [0.1, 0.15) is 97.8 Å². The zero-order chi connectivity index (χ0) is 23.8. The molecule has 0 nitrogen and oxygen atoms in total. The molecule has 34 heavy (non-hydrogen) atoms. The Hall–Kier alpha value is -0.700. The average molecular weight is 495 g/mol. The Bertz CT molecular complexity index is 750. The zero-order valence-corrected chi connectivity index (χ0v) is 23.8. The zero-order valence-electron chi connectivity index (χ0n) is 22.0. The van der Waals surface area contributed by atoms with Crippen LogP contribution >= 0.6 is 15.8 Å². The van der Waals surface area contributed by atoms with E-state index in [-0.39, 0.29) is 15.8 Å². The van der Waals surface area contributed by atoms with Crippen LogP contribution < -0.4 is 10.6 Å². The summed E-state index contributed by atoms with van der Waals surface area (Å²) >= 11 is 0. The van der Waals surface area contributed by atoms with Gasteiger partial charge in [-0.2, -0.15) is 0 Å². The van der Waals surface area contributed by atoms with Crippen LogP contribution in [0.5, 0.6) is 0 Å². The minimum Gasteiger partial charge on any atom is -0.0971 e. The molecule has 2 heteroatoms. The van der Waals surface area contributed by atoms with Gasteiger partial charge in [0.15, 0.2) is 0 Å². The molecule has 0 N–H and O–H groups in total. The van der Waals surface area contributed by atoms with Crippen LogP contribution in [0.2, 0.25) is 0 Å². The first-order valence-electron chi connectivity index (χ1n) is 14.4. The second-order valence-electron chi connectivity index (χ2n) is 11.0. The Kier molecular flexibility index (Phi) is 10.5. The summed E-state index contributed by atoms with van der Waals surface area (Å²) < 4.78 is 0. The van der Waals surface area contributed by atoms with Crippen LogP contribution in [0.15, 0.2) is 60.7 Å². The van der Waals surface area contributed by atoms with Crippen LogP contribution in [0, 0.1) is 5.92 Å². The standard InChI is InChI=1S/C32H48P2/c1-4-17-32(26(2)33(28-18-9-5-10-19-28)29-20-11-6-12-21-29)27(3)34(30-22-13-7-14-23-30)31-24-15-8-16-25-31/h5-6,9-12,18-21,26-27,30-32H,4,7-8,13-17,22-25H2,1-3H3/t26?,27-,32?/m1/s1. The summed E-state index contributed by atoms with van der Waals surface area (Å²) in [7, 11) is -0.239. The summed E-state index contributed by atoms with van der Waals surface area (Å²) in [5.74, 6) is 0.839. The third-order valence-corrected chi connectivity index (χ3v) is 15.7. The molecular formula is C32H48P2. The number of benzene rings is 2. The molecule has 2 aliphatic carbocycles. The molecular weight excluding hydrogens is 446 g/mol. The van der Waals surface area contributed by atoms with Gasteiger partial charge in [0.25, 0.3) is 0 Å². The number of rotatable bonds is 10. The molecule has 186 valence electrons. The van der Waals surface area contributed by atoms with Crippen molar-refractivity contribution in [2.45, 2.75) is 120 Å². The number of hydrogen-bond acceptors (Lipinski definition) is 0. The van der Waals surface area contributed by atoms with Gasteiger partial charge in [-0.3, -0.25) is 0 Å². The quantitative estimate of drug-likeness (QED) is 0.289.